The van der Waals surface area contributed by atoms with Crippen LogP contribution in [0.3, 0.4) is 0 Å². The van der Waals surface area contributed by atoms with E-state index in [4.69, 9.17) is 11.6 Å². The molecule has 0 radical (unpaired) electrons. The molecule has 144 valence electrons. The first-order chi connectivity index (χ1) is 13.0. The van der Waals surface area contributed by atoms with Gasteiger partial charge in [0.15, 0.2) is 5.13 Å². The third kappa shape index (κ3) is 5.90. The number of rotatable bonds is 5. The maximum Gasteiger partial charge on any atom is 0.321 e. The number of hydrogen-bond acceptors (Lipinski definition) is 4. The lowest BCUT2D eigenvalue weighted by Gasteiger charge is -2.22. The molecule has 6 nitrogen and oxygen atoms in total. The van der Waals surface area contributed by atoms with Crippen molar-refractivity contribution in [3.05, 3.63) is 40.1 Å². The average molecular weight is 411 g/mol. The first-order valence-electron chi connectivity index (χ1n) is 8.76. The van der Waals surface area contributed by atoms with Crippen molar-refractivity contribution in [3.63, 3.8) is 0 Å². The van der Waals surface area contributed by atoms with Gasteiger partial charge in [0, 0.05) is 17.1 Å². The maximum atomic E-state index is 13.1. The van der Waals surface area contributed by atoms with Crippen molar-refractivity contribution in [1.82, 2.24) is 10.3 Å². The normalized spacial score (nSPS) is 14.6. The predicted molar refractivity (Wildman–Crippen MR) is 105 cm³/mol. The van der Waals surface area contributed by atoms with E-state index in [1.807, 2.05) is 0 Å². The van der Waals surface area contributed by atoms with E-state index in [9.17, 15) is 14.0 Å². The molecule has 0 saturated heterocycles. The summed E-state index contributed by atoms with van der Waals surface area (Å²) in [5.74, 6) is -0.849. The molecule has 9 heteroatoms. The number of benzene rings is 1. The quantitative estimate of drug-likeness (QED) is 0.675. The fourth-order valence-corrected chi connectivity index (χ4v) is 3.84. The molecule has 1 aromatic carbocycles. The zero-order valence-electron chi connectivity index (χ0n) is 14.6. The molecule has 2 aromatic rings. The Morgan fingerprint density at radius 2 is 2.00 bits per heavy atom. The number of halogens is 2. The number of amides is 3. The molecule has 1 heterocycles. The molecule has 0 aliphatic heterocycles. The highest BCUT2D eigenvalue weighted by atomic mass is 35.5. The summed E-state index contributed by atoms with van der Waals surface area (Å²) in [5, 5.41) is 10.4. The summed E-state index contributed by atoms with van der Waals surface area (Å²) in [6, 6.07) is 3.91. The van der Waals surface area contributed by atoms with Crippen LogP contribution in [0.15, 0.2) is 23.6 Å². The van der Waals surface area contributed by atoms with Crippen molar-refractivity contribution in [2.45, 2.75) is 44.6 Å². The SMILES string of the molecule is O=C(Cc1csc(NC(=O)NC2CCCCC2)n1)Nc1ccc(F)c(Cl)c1. The molecule has 1 aromatic heterocycles. The number of hydrogen-bond donors (Lipinski definition) is 3. The standard InChI is InChI=1S/C18H20ClFN4O2S/c19-14-8-12(6-7-15(14)20)21-16(25)9-13-10-27-18(23-13)24-17(26)22-11-4-2-1-3-5-11/h6-8,10-11H,1-5,9H2,(H,21,25)(H2,22,23,24,26). The van der Waals surface area contributed by atoms with E-state index in [0.29, 0.717) is 16.5 Å². The van der Waals surface area contributed by atoms with Crippen LogP contribution in [0, 0.1) is 5.82 Å². The minimum atomic E-state index is -0.545. The van der Waals surface area contributed by atoms with Gasteiger partial charge in [-0.25, -0.2) is 14.2 Å². The van der Waals surface area contributed by atoms with Gasteiger partial charge in [-0.2, -0.15) is 0 Å². The minimum absolute atomic E-state index is 0.0391. The van der Waals surface area contributed by atoms with Crippen molar-refractivity contribution in [1.29, 1.82) is 0 Å². The van der Waals surface area contributed by atoms with Crippen LogP contribution in [0.2, 0.25) is 5.02 Å². The number of urea groups is 1. The van der Waals surface area contributed by atoms with Crippen LogP contribution < -0.4 is 16.0 Å². The monoisotopic (exact) mass is 410 g/mol. The highest BCUT2D eigenvalue weighted by Gasteiger charge is 2.16. The van der Waals surface area contributed by atoms with E-state index in [1.54, 1.807) is 5.38 Å². The van der Waals surface area contributed by atoms with Gasteiger partial charge in [0.05, 0.1) is 17.1 Å². The maximum absolute atomic E-state index is 13.1. The predicted octanol–water partition coefficient (Wildman–Crippen LogP) is 4.57. The molecule has 3 amide bonds. The fourth-order valence-electron chi connectivity index (χ4n) is 2.95. The number of aromatic nitrogens is 1. The number of carbonyl (C=O) groups is 2. The van der Waals surface area contributed by atoms with Gasteiger partial charge in [-0.05, 0) is 31.0 Å². The van der Waals surface area contributed by atoms with E-state index < -0.39 is 5.82 Å². The molecule has 3 N–H and O–H groups in total. The largest absolute Gasteiger partial charge is 0.335 e. The van der Waals surface area contributed by atoms with Gasteiger partial charge in [-0.3, -0.25) is 10.1 Å². The van der Waals surface area contributed by atoms with Crippen LogP contribution in [0.4, 0.5) is 20.0 Å². The van der Waals surface area contributed by atoms with Gasteiger partial charge in [-0.1, -0.05) is 30.9 Å². The molecule has 1 saturated carbocycles. The molecule has 1 aliphatic rings. The Bertz CT molecular complexity index is 823. The van der Waals surface area contributed by atoms with Gasteiger partial charge in [-0.15, -0.1) is 11.3 Å². The van der Waals surface area contributed by atoms with Crippen LogP contribution in [-0.2, 0) is 11.2 Å². The molecule has 0 spiro atoms. The van der Waals surface area contributed by atoms with Gasteiger partial charge < -0.3 is 10.6 Å². The van der Waals surface area contributed by atoms with Crippen LogP contribution in [-0.4, -0.2) is 23.0 Å². The van der Waals surface area contributed by atoms with Gasteiger partial charge in [0.1, 0.15) is 5.82 Å². The number of anilines is 2. The molecule has 0 bridgehead atoms. The Balaban J connectivity index is 1.48. The van der Waals surface area contributed by atoms with E-state index >= 15 is 0 Å². The average Bonchev–Trinajstić information content (AvgIpc) is 3.05. The van der Waals surface area contributed by atoms with E-state index in [0.717, 1.165) is 25.7 Å². The molecule has 0 atom stereocenters. The first-order valence-corrected chi connectivity index (χ1v) is 10.0. The highest BCUT2D eigenvalue weighted by Crippen LogP contribution is 2.21. The Kier molecular flexibility index (Phi) is 6.63. The summed E-state index contributed by atoms with van der Waals surface area (Å²) >= 11 is 6.95. The fraction of sp³-hybridized carbons (Fsp3) is 0.389. The van der Waals surface area contributed by atoms with Crippen LogP contribution in [0.5, 0.6) is 0 Å². The second-order valence-corrected chi connectivity index (χ2v) is 7.70. The zero-order chi connectivity index (χ0) is 19.2. The van der Waals surface area contributed by atoms with Crippen molar-refractivity contribution < 1.29 is 14.0 Å². The second-order valence-electron chi connectivity index (χ2n) is 6.43. The second kappa shape index (κ2) is 9.14. The molecule has 27 heavy (non-hydrogen) atoms. The summed E-state index contributed by atoms with van der Waals surface area (Å²) in [6.45, 7) is 0. The highest BCUT2D eigenvalue weighted by molar-refractivity contribution is 7.13. The zero-order valence-corrected chi connectivity index (χ0v) is 16.1. The molecule has 1 fully saturated rings. The lowest BCUT2D eigenvalue weighted by Crippen LogP contribution is -2.39. The number of nitrogens with zero attached hydrogens (tertiary/aromatic N) is 1. The summed E-state index contributed by atoms with van der Waals surface area (Å²) in [5.41, 5.74) is 0.950. The minimum Gasteiger partial charge on any atom is -0.335 e. The van der Waals surface area contributed by atoms with Crippen molar-refractivity contribution in [2.75, 3.05) is 10.6 Å². The van der Waals surface area contributed by atoms with Crippen LogP contribution in [0.25, 0.3) is 0 Å². The molecule has 0 unspecified atom stereocenters. The molecular formula is C18H20ClFN4O2S. The summed E-state index contributed by atoms with van der Waals surface area (Å²) in [4.78, 5) is 28.4. The Labute approximate surface area is 165 Å². The third-order valence-electron chi connectivity index (χ3n) is 4.26. The summed E-state index contributed by atoms with van der Waals surface area (Å²) < 4.78 is 13.1. The summed E-state index contributed by atoms with van der Waals surface area (Å²) in [6.07, 6.45) is 5.55. The topological polar surface area (TPSA) is 83.1 Å². The summed E-state index contributed by atoms with van der Waals surface area (Å²) in [7, 11) is 0. The van der Waals surface area contributed by atoms with Crippen molar-refractivity contribution in [3.8, 4) is 0 Å². The third-order valence-corrected chi connectivity index (χ3v) is 5.35. The smallest absolute Gasteiger partial charge is 0.321 e. The van der Waals surface area contributed by atoms with Crippen LogP contribution in [0.1, 0.15) is 37.8 Å². The first kappa shape index (κ1) is 19.6. The van der Waals surface area contributed by atoms with Gasteiger partial charge in [0.2, 0.25) is 5.91 Å². The number of thiazole rings is 1. The van der Waals surface area contributed by atoms with Crippen molar-refractivity contribution >= 4 is 45.7 Å². The molecule has 3 rings (SSSR count). The molecular weight excluding hydrogens is 391 g/mol. The van der Waals surface area contributed by atoms with E-state index in [2.05, 4.69) is 20.9 Å². The van der Waals surface area contributed by atoms with Crippen molar-refractivity contribution in [2.24, 2.45) is 0 Å². The van der Waals surface area contributed by atoms with Gasteiger partial charge in [0.25, 0.3) is 0 Å². The Morgan fingerprint density at radius 3 is 2.74 bits per heavy atom. The molecule has 1 aliphatic carbocycles. The number of nitrogens with one attached hydrogen (secondary N) is 3. The number of carbonyl (C=O) groups excluding carboxylic acids is 2. The van der Waals surface area contributed by atoms with E-state index in [1.165, 1.54) is 36.0 Å². The Morgan fingerprint density at radius 1 is 1.22 bits per heavy atom. The van der Waals surface area contributed by atoms with E-state index in [-0.39, 0.29) is 29.4 Å². The Hall–Kier alpha value is -2.19. The van der Waals surface area contributed by atoms with Crippen LogP contribution >= 0.6 is 22.9 Å². The van der Waals surface area contributed by atoms with Gasteiger partial charge >= 0.3 is 6.03 Å². The lowest BCUT2D eigenvalue weighted by molar-refractivity contribution is -0.115. The lowest BCUT2D eigenvalue weighted by atomic mass is 9.96.